The Morgan fingerprint density at radius 2 is 2.30 bits per heavy atom. The molecule has 4 heterocycles. The maximum absolute atomic E-state index is 6.09. The fourth-order valence-corrected chi connectivity index (χ4v) is 2.35. The van der Waals surface area contributed by atoms with Crippen molar-refractivity contribution in [3.05, 3.63) is 17.5 Å². The smallest absolute Gasteiger partial charge is 0.233 e. The maximum atomic E-state index is 6.09. The van der Waals surface area contributed by atoms with E-state index in [0.29, 0.717) is 41.5 Å². The molecule has 2 bridgehead atoms. The molecule has 8 nitrogen and oxygen atoms in total. The summed E-state index contributed by atoms with van der Waals surface area (Å²) >= 11 is 6.09. The summed E-state index contributed by atoms with van der Waals surface area (Å²) in [6.07, 6.45) is 4.07. The molecule has 0 saturated heterocycles. The van der Waals surface area contributed by atoms with Crippen LogP contribution >= 0.6 is 11.6 Å². The molecule has 1 aliphatic heterocycles. The van der Waals surface area contributed by atoms with Gasteiger partial charge in [0.15, 0.2) is 10.8 Å². The zero-order valence-electron chi connectivity index (χ0n) is 10.3. The molecule has 3 aromatic heterocycles. The number of H-pyrrole nitrogens is 1. The number of ether oxygens (including phenoxy) is 1. The molecule has 1 aliphatic rings. The molecule has 102 valence electrons. The van der Waals surface area contributed by atoms with Crippen LogP contribution in [0.4, 0.5) is 11.6 Å². The Labute approximate surface area is 118 Å². The molecular formula is C11H10ClN7O. The third kappa shape index (κ3) is 1.76. The van der Waals surface area contributed by atoms with E-state index < -0.39 is 0 Å². The number of hydrogen-bond acceptors (Lipinski definition) is 6. The van der Waals surface area contributed by atoms with E-state index in [1.807, 2.05) is 0 Å². The van der Waals surface area contributed by atoms with Crippen LogP contribution in [0.25, 0.3) is 11.0 Å². The molecule has 0 amide bonds. The SMILES string of the molecule is Clc1nn2c3nc(ncc13)Nc1cn[nH]c1OCCC2. The Hall–Kier alpha value is -2.35. The molecule has 0 atom stereocenters. The van der Waals surface area contributed by atoms with Crippen LogP contribution in [0, 0.1) is 0 Å². The highest BCUT2D eigenvalue weighted by atomic mass is 35.5. The number of aryl methyl sites for hydroxylation is 1. The van der Waals surface area contributed by atoms with Crippen molar-refractivity contribution in [3.8, 4) is 5.88 Å². The minimum atomic E-state index is 0.411. The Morgan fingerprint density at radius 3 is 3.25 bits per heavy atom. The number of halogens is 1. The summed E-state index contributed by atoms with van der Waals surface area (Å²) in [6, 6.07) is 0. The normalized spacial score (nSPS) is 14.4. The lowest BCUT2D eigenvalue weighted by atomic mass is 10.4. The highest BCUT2D eigenvalue weighted by Gasteiger charge is 2.15. The largest absolute Gasteiger partial charge is 0.476 e. The molecule has 0 saturated carbocycles. The monoisotopic (exact) mass is 291 g/mol. The van der Waals surface area contributed by atoms with Crippen LogP contribution in [0.5, 0.6) is 5.88 Å². The van der Waals surface area contributed by atoms with Crippen molar-refractivity contribution in [2.24, 2.45) is 0 Å². The van der Waals surface area contributed by atoms with E-state index in [9.17, 15) is 0 Å². The highest BCUT2D eigenvalue weighted by Crippen LogP contribution is 2.27. The lowest BCUT2D eigenvalue weighted by Gasteiger charge is -2.05. The standard InChI is InChI=1S/C11H10ClN7O/c12-8-6-4-13-11-15-7-5-14-17-10(7)20-3-1-2-19(18-8)9(6)16-11/h4-5H,1-3H2,(H,14,17)(H,13,15,16). The van der Waals surface area contributed by atoms with Gasteiger partial charge in [-0.25, -0.2) is 14.8 Å². The summed E-state index contributed by atoms with van der Waals surface area (Å²) in [4.78, 5) is 8.68. The number of nitrogens with one attached hydrogen (secondary N) is 2. The number of rotatable bonds is 0. The summed E-state index contributed by atoms with van der Waals surface area (Å²) < 4.78 is 7.40. The van der Waals surface area contributed by atoms with Gasteiger partial charge in [0.25, 0.3) is 0 Å². The second-order valence-electron chi connectivity index (χ2n) is 4.38. The molecule has 4 rings (SSSR count). The van der Waals surface area contributed by atoms with Crippen LogP contribution in [-0.2, 0) is 6.54 Å². The van der Waals surface area contributed by atoms with Gasteiger partial charge in [-0.1, -0.05) is 11.6 Å². The van der Waals surface area contributed by atoms with E-state index in [2.05, 4.69) is 30.6 Å². The summed E-state index contributed by atoms with van der Waals surface area (Å²) in [5.41, 5.74) is 1.41. The molecule has 9 heteroatoms. The van der Waals surface area contributed by atoms with E-state index >= 15 is 0 Å². The fraction of sp³-hybridized carbons (Fsp3) is 0.273. The van der Waals surface area contributed by atoms with E-state index in [-0.39, 0.29) is 0 Å². The van der Waals surface area contributed by atoms with E-state index in [4.69, 9.17) is 16.3 Å². The van der Waals surface area contributed by atoms with Gasteiger partial charge in [0.1, 0.15) is 5.69 Å². The van der Waals surface area contributed by atoms with Gasteiger partial charge < -0.3 is 10.1 Å². The van der Waals surface area contributed by atoms with Gasteiger partial charge in [-0.3, -0.25) is 0 Å². The van der Waals surface area contributed by atoms with Crippen molar-refractivity contribution in [1.29, 1.82) is 0 Å². The third-order valence-corrected chi connectivity index (χ3v) is 3.33. The molecule has 20 heavy (non-hydrogen) atoms. The average molecular weight is 292 g/mol. The van der Waals surface area contributed by atoms with Crippen molar-refractivity contribution >= 4 is 34.3 Å². The van der Waals surface area contributed by atoms with Gasteiger partial charge >= 0.3 is 0 Å². The number of fused-ring (bicyclic) bond motifs is 2. The van der Waals surface area contributed by atoms with Gasteiger partial charge in [0, 0.05) is 19.2 Å². The average Bonchev–Trinajstić information content (AvgIpc) is 3.00. The van der Waals surface area contributed by atoms with Crippen LogP contribution in [0.1, 0.15) is 6.42 Å². The molecular weight excluding hydrogens is 282 g/mol. The third-order valence-electron chi connectivity index (χ3n) is 3.06. The Kier molecular flexibility index (Phi) is 2.49. The predicted octanol–water partition coefficient (Wildman–Crippen LogP) is 1.73. The summed E-state index contributed by atoms with van der Waals surface area (Å²) in [5.74, 6) is 1.02. The zero-order chi connectivity index (χ0) is 13.5. The Bertz CT molecular complexity index is 780. The first-order valence-corrected chi connectivity index (χ1v) is 6.51. The molecule has 3 aromatic rings. The quantitative estimate of drug-likeness (QED) is 0.655. The first kappa shape index (κ1) is 11.5. The number of aromatic amines is 1. The molecule has 0 spiro atoms. The molecule has 0 unspecified atom stereocenters. The maximum Gasteiger partial charge on any atom is 0.233 e. The number of nitrogens with zero attached hydrogens (tertiary/aromatic N) is 5. The van der Waals surface area contributed by atoms with Crippen LogP contribution < -0.4 is 10.1 Å². The first-order chi connectivity index (χ1) is 9.81. The summed E-state index contributed by atoms with van der Waals surface area (Å²) in [5, 5.41) is 15.2. The van der Waals surface area contributed by atoms with E-state index in [1.54, 1.807) is 17.1 Å². The summed E-state index contributed by atoms with van der Waals surface area (Å²) in [7, 11) is 0. The van der Waals surface area contributed by atoms with E-state index in [0.717, 1.165) is 11.8 Å². The van der Waals surface area contributed by atoms with Crippen molar-refractivity contribution in [3.63, 3.8) is 0 Å². The van der Waals surface area contributed by atoms with Gasteiger partial charge in [-0.15, -0.1) is 0 Å². The number of hydrogen-bond donors (Lipinski definition) is 2. The Balaban J connectivity index is 1.87. The van der Waals surface area contributed by atoms with Crippen LogP contribution in [-0.4, -0.2) is 36.6 Å². The lowest BCUT2D eigenvalue weighted by molar-refractivity contribution is 0.290. The molecule has 0 aromatic carbocycles. The molecule has 0 aliphatic carbocycles. The van der Waals surface area contributed by atoms with E-state index in [1.165, 1.54) is 0 Å². The molecule has 2 N–H and O–H groups in total. The second-order valence-corrected chi connectivity index (χ2v) is 4.74. The van der Waals surface area contributed by atoms with Crippen molar-refractivity contribution < 1.29 is 4.74 Å². The Morgan fingerprint density at radius 1 is 1.35 bits per heavy atom. The van der Waals surface area contributed by atoms with Gasteiger partial charge in [-0.2, -0.15) is 15.2 Å². The second kappa shape index (κ2) is 4.34. The molecule has 0 fully saturated rings. The minimum Gasteiger partial charge on any atom is -0.476 e. The van der Waals surface area contributed by atoms with Gasteiger partial charge in [-0.05, 0) is 0 Å². The minimum absolute atomic E-state index is 0.411. The van der Waals surface area contributed by atoms with Crippen LogP contribution in [0.3, 0.4) is 0 Å². The van der Waals surface area contributed by atoms with Gasteiger partial charge in [0.2, 0.25) is 11.8 Å². The van der Waals surface area contributed by atoms with Crippen LogP contribution in [0.15, 0.2) is 12.4 Å². The van der Waals surface area contributed by atoms with Gasteiger partial charge in [0.05, 0.1) is 18.2 Å². The van der Waals surface area contributed by atoms with Crippen LogP contribution in [0.2, 0.25) is 5.15 Å². The molecule has 0 radical (unpaired) electrons. The van der Waals surface area contributed by atoms with Crippen molar-refractivity contribution in [2.45, 2.75) is 13.0 Å². The number of aromatic nitrogens is 6. The van der Waals surface area contributed by atoms with Crippen molar-refractivity contribution in [2.75, 3.05) is 11.9 Å². The zero-order valence-corrected chi connectivity index (χ0v) is 11.1. The van der Waals surface area contributed by atoms with Crippen molar-refractivity contribution in [1.82, 2.24) is 29.9 Å². The fourth-order valence-electron chi connectivity index (χ4n) is 2.12. The lowest BCUT2D eigenvalue weighted by Crippen LogP contribution is -2.06. The summed E-state index contributed by atoms with van der Waals surface area (Å²) in [6.45, 7) is 1.21. The number of anilines is 2. The predicted molar refractivity (Wildman–Crippen MR) is 72.3 cm³/mol. The topological polar surface area (TPSA) is 93.5 Å². The first-order valence-electron chi connectivity index (χ1n) is 6.13. The highest BCUT2D eigenvalue weighted by molar-refractivity contribution is 6.34.